The summed E-state index contributed by atoms with van der Waals surface area (Å²) in [5, 5.41) is 10.8. The first-order valence-corrected chi connectivity index (χ1v) is 6.59. The molecule has 3 rings (SSSR count). The third-order valence-corrected chi connectivity index (χ3v) is 4.11. The Labute approximate surface area is 118 Å². The first kappa shape index (κ1) is 12.6. The number of benzene rings is 1. The lowest BCUT2D eigenvalue weighted by Gasteiger charge is -2.15. The van der Waals surface area contributed by atoms with E-state index in [2.05, 4.69) is 4.98 Å². The highest BCUT2D eigenvalue weighted by Gasteiger charge is 2.27. The minimum absolute atomic E-state index is 0.0926. The fraction of sp³-hybridized carbons (Fsp3) is 0.0769. The van der Waals surface area contributed by atoms with Gasteiger partial charge in [0.15, 0.2) is 0 Å². The van der Waals surface area contributed by atoms with E-state index in [1.807, 2.05) is 6.07 Å². The van der Waals surface area contributed by atoms with Crippen molar-refractivity contribution in [2.45, 2.75) is 9.79 Å². The van der Waals surface area contributed by atoms with Crippen LogP contribution >= 0.6 is 11.8 Å². The van der Waals surface area contributed by atoms with E-state index in [-0.39, 0.29) is 11.6 Å². The molecule has 0 atom stereocenters. The van der Waals surface area contributed by atoms with Crippen LogP contribution in [0.5, 0.6) is 0 Å². The molecule has 0 bridgehead atoms. The number of pyridine rings is 1. The first-order chi connectivity index (χ1) is 9.58. The second kappa shape index (κ2) is 4.61. The fourth-order valence-electron chi connectivity index (χ4n) is 2.00. The number of nitrogens with zero attached hydrogens (tertiary/aromatic N) is 3. The average Bonchev–Trinajstić information content (AvgIpc) is 2.55. The highest BCUT2D eigenvalue weighted by atomic mass is 32.2. The van der Waals surface area contributed by atoms with Gasteiger partial charge in [0.25, 0.3) is 11.6 Å². The summed E-state index contributed by atoms with van der Waals surface area (Å²) in [6.45, 7) is 0. The van der Waals surface area contributed by atoms with Crippen molar-refractivity contribution in [3.63, 3.8) is 0 Å². The van der Waals surface area contributed by atoms with Crippen LogP contribution in [0.15, 0.2) is 46.3 Å². The van der Waals surface area contributed by atoms with E-state index >= 15 is 0 Å². The van der Waals surface area contributed by atoms with Gasteiger partial charge < -0.3 is 0 Å². The monoisotopic (exact) mass is 287 g/mol. The van der Waals surface area contributed by atoms with Gasteiger partial charge in [-0.15, -0.1) is 0 Å². The van der Waals surface area contributed by atoms with Crippen LogP contribution in [0, 0.1) is 10.1 Å². The van der Waals surface area contributed by atoms with Gasteiger partial charge in [-0.25, -0.2) is 4.98 Å². The number of nitro groups is 1. The van der Waals surface area contributed by atoms with Crippen molar-refractivity contribution in [1.82, 2.24) is 4.98 Å². The lowest BCUT2D eigenvalue weighted by atomic mass is 10.2. The topological polar surface area (TPSA) is 76.3 Å². The van der Waals surface area contributed by atoms with Crippen molar-refractivity contribution in [1.29, 1.82) is 0 Å². The molecule has 0 spiro atoms. The summed E-state index contributed by atoms with van der Waals surface area (Å²) in [5.41, 5.74) is 0.231. The van der Waals surface area contributed by atoms with Crippen LogP contribution in [0.25, 0.3) is 0 Å². The minimum Gasteiger partial charge on any atom is -0.295 e. The number of non-ortho nitro benzene ring substituents is 1. The van der Waals surface area contributed by atoms with Crippen LogP contribution in [0.2, 0.25) is 0 Å². The van der Waals surface area contributed by atoms with Gasteiger partial charge in [-0.3, -0.25) is 19.8 Å². The Morgan fingerprint density at radius 3 is 2.85 bits per heavy atom. The summed E-state index contributed by atoms with van der Waals surface area (Å²) < 4.78 is 0. The molecule has 0 fully saturated rings. The molecule has 0 radical (unpaired) electrons. The number of hydrogen-bond donors (Lipinski definition) is 0. The second-order valence-corrected chi connectivity index (χ2v) is 5.31. The predicted molar refractivity (Wildman–Crippen MR) is 74.2 cm³/mol. The van der Waals surface area contributed by atoms with Gasteiger partial charge in [0.05, 0.1) is 15.4 Å². The van der Waals surface area contributed by atoms with Gasteiger partial charge in [-0.2, -0.15) is 0 Å². The lowest BCUT2D eigenvalue weighted by Crippen LogP contribution is -2.26. The normalized spacial score (nSPS) is 13.4. The van der Waals surface area contributed by atoms with Gasteiger partial charge in [-0.05, 0) is 18.2 Å². The Morgan fingerprint density at radius 1 is 1.30 bits per heavy atom. The zero-order chi connectivity index (χ0) is 14.3. The Kier molecular flexibility index (Phi) is 2.90. The molecule has 1 aliphatic heterocycles. The van der Waals surface area contributed by atoms with Crippen LogP contribution < -0.4 is 4.90 Å². The van der Waals surface area contributed by atoms with Crippen molar-refractivity contribution < 1.29 is 9.72 Å². The Hall–Kier alpha value is -2.41. The molecule has 0 aliphatic carbocycles. The summed E-state index contributed by atoms with van der Waals surface area (Å²) in [4.78, 5) is 29.9. The molecular formula is C13H9N3O3S. The number of carbonyl (C=O) groups is 1. The quantitative estimate of drug-likeness (QED) is 0.595. The van der Waals surface area contributed by atoms with Crippen LogP contribution in [-0.2, 0) is 0 Å². The first-order valence-electron chi connectivity index (χ1n) is 5.77. The van der Waals surface area contributed by atoms with Crippen molar-refractivity contribution in [3.05, 3.63) is 52.2 Å². The zero-order valence-corrected chi connectivity index (χ0v) is 11.3. The summed E-state index contributed by atoms with van der Waals surface area (Å²) in [6, 6.07) is 7.98. The standard InChI is InChI=1S/C13H9N3O3S/c1-15-12-11(3-2-6-14-12)20-10-5-4-8(16(18)19)7-9(10)13(15)17/h2-7H,1H3. The number of amides is 1. The molecule has 6 nitrogen and oxygen atoms in total. The van der Waals surface area contributed by atoms with Gasteiger partial charge in [0, 0.05) is 30.3 Å². The lowest BCUT2D eigenvalue weighted by molar-refractivity contribution is -0.384. The highest BCUT2D eigenvalue weighted by molar-refractivity contribution is 7.99. The van der Waals surface area contributed by atoms with E-state index in [4.69, 9.17) is 0 Å². The molecule has 0 unspecified atom stereocenters. The van der Waals surface area contributed by atoms with Gasteiger partial charge in [0.2, 0.25) is 0 Å². The largest absolute Gasteiger partial charge is 0.295 e. The molecule has 20 heavy (non-hydrogen) atoms. The summed E-state index contributed by atoms with van der Waals surface area (Å²) >= 11 is 1.38. The molecule has 1 aliphatic rings. The van der Waals surface area contributed by atoms with Crippen molar-refractivity contribution in [2.24, 2.45) is 0 Å². The molecule has 0 saturated heterocycles. The summed E-state index contributed by atoms with van der Waals surface area (Å²) in [6.07, 6.45) is 1.61. The molecular weight excluding hydrogens is 278 g/mol. The number of anilines is 1. The third-order valence-electron chi connectivity index (χ3n) is 3.00. The smallest absolute Gasteiger partial charge is 0.270 e. The van der Waals surface area contributed by atoms with Crippen LogP contribution in [0.4, 0.5) is 11.5 Å². The van der Waals surface area contributed by atoms with Crippen LogP contribution in [-0.4, -0.2) is 22.9 Å². The van der Waals surface area contributed by atoms with E-state index in [0.717, 1.165) is 4.90 Å². The van der Waals surface area contributed by atoms with Crippen molar-refractivity contribution in [2.75, 3.05) is 11.9 Å². The van der Waals surface area contributed by atoms with E-state index in [1.54, 1.807) is 25.4 Å². The Balaban J connectivity index is 2.19. The number of nitro benzene ring substituents is 1. The number of hydrogen-bond acceptors (Lipinski definition) is 5. The molecule has 1 aromatic heterocycles. The minimum atomic E-state index is -0.505. The Morgan fingerprint density at radius 2 is 2.10 bits per heavy atom. The van der Waals surface area contributed by atoms with Gasteiger partial charge in [-0.1, -0.05) is 11.8 Å². The predicted octanol–water partition coefficient (Wildman–Crippen LogP) is 2.73. The maximum Gasteiger partial charge on any atom is 0.270 e. The summed E-state index contributed by atoms with van der Waals surface area (Å²) in [7, 11) is 1.61. The molecule has 100 valence electrons. The molecule has 7 heteroatoms. The number of fused-ring (bicyclic) bond motifs is 2. The van der Waals surface area contributed by atoms with E-state index in [9.17, 15) is 14.9 Å². The number of aromatic nitrogens is 1. The SMILES string of the molecule is CN1C(=O)c2cc([N+](=O)[O-])ccc2Sc2cccnc21. The van der Waals surface area contributed by atoms with E-state index < -0.39 is 4.92 Å². The van der Waals surface area contributed by atoms with Crippen molar-refractivity contribution >= 4 is 29.2 Å². The molecule has 2 aromatic rings. The maximum absolute atomic E-state index is 12.4. The zero-order valence-electron chi connectivity index (χ0n) is 10.4. The Bertz CT molecular complexity index is 733. The molecule has 1 aromatic carbocycles. The van der Waals surface area contributed by atoms with Crippen LogP contribution in [0.1, 0.15) is 10.4 Å². The highest BCUT2D eigenvalue weighted by Crippen LogP contribution is 2.40. The number of carbonyl (C=O) groups excluding carboxylic acids is 1. The maximum atomic E-state index is 12.4. The van der Waals surface area contributed by atoms with Crippen molar-refractivity contribution in [3.8, 4) is 0 Å². The van der Waals surface area contributed by atoms with E-state index in [1.165, 1.54) is 28.8 Å². The summed E-state index contributed by atoms with van der Waals surface area (Å²) in [5.74, 6) is 0.259. The van der Waals surface area contributed by atoms with Gasteiger partial charge in [0.1, 0.15) is 5.82 Å². The molecule has 0 N–H and O–H groups in total. The molecule has 0 saturated carbocycles. The molecule has 2 heterocycles. The number of rotatable bonds is 1. The fourth-order valence-corrected chi connectivity index (χ4v) is 3.05. The second-order valence-electron chi connectivity index (χ2n) is 4.23. The van der Waals surface area contributed by atoms with E-state index in [0.29, 0.717) is 16.3 Å². The van der Waals surface area contributed by atoms with Gasteiger partial charge >= 0.3 is 0 Å². The van der Waals surface area contributed by atoms with Crippen LogP contribution in [0.3, 0.4) is 0 Å². The molecule has 1 amide bonds. The average molecular weight is 287 g/mol. The third kappa shape index (κ3) is 1.92.